The Morgan fingerprint density at radius 3 is 2.32 bits per heavy atom. The van der Waals surface area contributed by atoms with Crippen molar-refractivity contribution in [2.75, 3.05) is 26.2 Å². The molecule has 1 aromatic carbocycles. The van der Waals surface area contributed by atoms with Crippen LogP contribution in [0.25, 0.3) is 0 Å². The van der Waals surface area contributed by atoms with Gasteiger partial charge in [-0.3, -0.25) is 9.59 Å². The van der Waals surface area contributed by atoms with Gasteiger partial charge in [0.05, 0.1) is 4.90 Å². The zero-order valence-electron chi connectivity index (χ0n) is 18.8. The molecule has 170 valence electrons. The number of nitrogens with one attached hydrogen (secondary N) is 1. The van der Waals surface area contributed by atoms with Crippen LogP contribution in [0.5, 0.6) is 0 Å². The van der Waals surface area contributed by atoms with Crippen molar-refractivity contribution in [3.8, 4) is 0 Å². The second-order valence-corrected chi connectivity index (χ2v) is 12.0. The van der Waals surface area contributed by atoms with Gasteiger partial charge >= 0.3 is 0 Å². The lowest BCUT2D eigenvalue weighted by molar-refractivity contribution is -0.129. The van der Waals surface area contributed by atoms with E-state index in [0.717, 1.165) is 12.8 Å². The molecule has 3 unspecified atom stereocenters. The number of hydrogen-bond donors (Lipinski definition) is 1. The molecule has 0 radical (unpaired) electrons. The number of piperazine rings is 1. The first kappa shape index (κ1) is 22.3. The minimum atomic E-state index is -3.72. The summed E-state index contributed by atoms with van der Waals surface area (Å²) >= 11 is 0. The van der Waals surface area contributed by atoms with Crippen LogP contribution in [0.3, 0.4) is 0 Å². The highest BCUT2D eigenvalue weighted by molar-refractivity contribution is 7.89. The van der Waals surface area contributed by atoms with E-state index in [2.05, 4.69) is 26.1 Å². The van der Waals surface area contributed by atoms with E-state index in [1.807, 2.05) is 0 Å². The van der Waals surface area contributed by atoms with Gasteiger partial charge in [-0.1, -0.05) is 26.8 Å². The van der Waals surface area contributed by atoms with Gasteiger partial charge in [0.2, 0.25) is 15.9 Å². The van der Waals surface area contributed by atoms with Crippen LogP contribution in [0.1, 0.15) is 57.3 Å². The smallest absolute Gasteiger partial charge is 0.251 e. The van der Waals surface area contributed by atoms with Gasteiger partial charge < -0.3 is 10.2 Å². The number of carbonyl (C=O) groups is 2. The second kappa shape index (κ2) is 7.59. The van der Waals surface area contributed by atoms with Crippen molar-refractivity contribution < 1.29 is 18.0 Å². The summed E-state index contributed by atoms with van der Waals surface area (Å²) in [5, 5.41) is 3.21. The maximum atomic E-state index is 13.1. The summed E-state index contributed by atoms with van der Waals surface area (Å²) in [5.74, 6) is 0.351. The Labute approximate surface area is 185 Å². The van der Waals surface area contributed by atoms with E-state index >= 15 is 0 Å². The highest BCUT2D eigenvalue weighted by atomic mass is 32.2. The van der Waals surface area contributed by atoms with Gasteiger partial charge in [-0.25, -0.2) is 8.42 Å². The number of carbonyl (C=O) groups excluding carboxylic acids is 2. The largest absolute Gasteiger partial charge is 0.349 e. The van der Waals surface area contributed by atoms with Crippen LogP contribution >= 0.6 is 0 Å². The molecule has 1 N–H and O–H groups in total. The fraction of sp³-hybridized carbons (Fsp3) is 0.652. The van der Waals surface area contributed by atoms with Gasteiger partial charge in [0, 0.05) is 44.7 Å². The molecule has 3 atom stereocenters. The molecule has 4 rings (SSSR count). The van der Waals surface area contributed by atoms with E-state index in [1.165, 1.54) is 29.8 Å². The molecular formula is C23H33N3O4S. The van der Waals surface area contributed by atoms with Crippen LogP contribution in [-0.4, -0.2) is 61.7 Å². The minimum absolute atomic E-state index is 0.0480. The Bertz CT molecular complexity index is 998. The molecule has 3 aliphatic rings. The van der Waals surface area contributed by atoms with Crippen molar-refractivity contribution >= 4 is 21.8 Å². The molecule has 7 nitrogen and oxygen atoms in total. The SMILES string of the molecule is CC(=O)N1CCN(S(=O)(=O)c2cccc(C(=O)NC3CC4CCC3(C)C4(C)C)c2)CC1. The highest BCUT2D eigenvalue weighted by Crippen LogP contribution is 2.65. The summed E-state index contributed by atoms with van der Waals surface area (Å²) in [6.07, 6.45) is 3.30. The maximum absolute atomic E-state index is 13.1. The topological polar surface area (TPSA) is 86.8 Å². The van der Waals surface area contributed by atoms with Crippen molar-refractivity contribution in [2.45, 2.75) is 57.9 Å². The molecule has 1 aromatic rings. The lowest BCUT2D eigenvalue weighted by Gasteiger charge is -2.39. The summed E-state index contributed by atoms with van der Waals surface area (Å²) in [7, 11) is -3.72. The summed E-state index contributed by atoms with van der Waals surface area (Å²) in [5.41, 5.74) is 0.624. The number of benzene rings is 1. The number of rotatable bonds is 4. The second-order valence-electron chi connectivity index (χ2n) is 10.1. The Kier molecular flexibility index (Phi) is 5.45. The zero-order valence-corrected chi connectivity index (χ0v) is 19.7. The van der Waals surface area contributed by atoms with Gasteiger partial charge in [-0.2, -0.15) is 4.31 Å². The lowest BCUT2D eigenvalue weighted by atomic mass is 9.69. The number of sulfonamides is 1. The third-order valence-corrected chi connectivity index (χ3v) is 10.4. The van der Waals surface area contributed by atoms with E-state index in [-0.39, 0.29) is 46.7 Å². The first-order valence-corrected chi connectivity index (χ1v) is 12.6. The van der Waals surface area contributed by atoms with Crippen LogP contribution in [0.4, 0.5) is 0 Å². The fourth-order valence-corrected chi connectivity index (χ4v) is 7.32. The van der Waals surface area contributed by atoms with Crippen molar-refractivity contribution in [1.29, 1.82) is 0 Å². The monoisotopic (exact) mass is 447 g/mol. The lowest BCUT2D eigenvalue weighted by Crippen LogP contribution is -2.50. The Balaban J connectivity index is 1.48. The average molecular weight is 448 g/mol. The third-order valence-electron chi connectivity index (χ3n) is 8.52. The van der Waals surface area contributed by atoms with Crippen LogP contribution in [-0.2, 0) is 14.8 Å². The summed E-state index contributed by atoms with van der Waals surface area (Å²) in [4.78, 5) is 26.3. The van der Waals surface area contributed by atoms with Gasteiger partial charge in [0.1, 0.15) is 0 Å². The number of amides is 2. The fourth-order valence-electron chi connectivity index (χ4n) is 5.85. The van der Waals surface area contributed by atoms with Crippen LogP contribution in [0.15, 0.2) is 29.2 Å². The zero-order chi connectivity index (χ0) is 22.6. The van der Waals surface area contributed by atoms with Crippen LogP contribution in [0.2, 0.25) is 0 Å². The molecule has 2 amide bonds. The molecule has 1 heterocycles. The van der Waals surface area contributed by atoms with E-state index in [0.29, 0.717) is 24.6 Å². The predicted octanol–water partition coefficient (Wildman–Crippen LogP) is 2.48. The maximum Gasteiger partial charge on any atom is 0.251 e. The summed E-state index contributed by atoms with van der Waals surface area (Å²) in [6.45, 7) is 9.64. The molecular weight excluding hydrogens is 414 g/mol. The standard InChI is InChI=1S/C23H33N3O4S/c1-16(27)25-10-12-26(13-11-25)31(29,30)19-7-5-6-17(14-19)21(28)24-20-15-18-8-9-23(20,4)22(18,2)3/h5-7,14,18,20H,8-13,15H2,1-4H3,(H,24,28). The van der Waals surface area contributed by atoms with E-state index in [9.17, 15) is 18.0 Å². The molecule has 1 aliphatic heterocycles. The van der Waals surface area contributed by atoms with E-state index in [4.69, 9.17) is 0 Å². The number of nitrogens with zero attached hydrogens (tertiary/aromatic N) is 2. The Morgan fingerprint density at radius 1 is 1.10 bits per heavy atom. The number of fused-ring (bicyclic) bond motifs is 2. The molecule has 2 aliphatic carbocycles. The first-order valence-electron chi connectivity index (χ1n) is 11.1. The van der Waals surface area contributed by atoms with Crippen molar-refractivity contribution in [3.05, 3.63) is 29.8 Å². The number of hydrogen-bond acceptors (Lipinski definition) is 4. The van der Waals surface area contributed by atoms with Gasteiger partial charge in [0.15, 0.2) is 0 Å². The Hall–Kier alpha value is -1.93. The minimum Gasteiger partial charge on any atom is -0.349 e. The van der Waals surface area contributed by atoms with Gasteiger partial charge in [0.25, 0.3) is 5.91 Å². The molecule has 1 saturated heterocycles. The molecule has 31 heavy (non-hydrogen) atoms. The highest BCUT2D eigenvalue weighted by Gasteiger charge is 2.61. The average Bonchev–Trinajstić information content (AvgIpc) is 3.07. The first-order chi connectivity index (χ1) is 14.5. The molecule has 8 heteroatoms. The van der Waals surface area contributed by atoms with Crippen molar-refractivity contribution in [1.82, 2.24) is 14.5 Å². The van der Waals surface area contributed by atoms with Gasteiger partial charge in [-0.05, 0) is 54.2 Å². The summed E-state index contributed by atoms with van der Waals surface area (Å²) < 4.78 is 27.6. The van der Waals surface area contributed by atoms with Crippen molar-refractivity contribution in [3.63, 3.8) is 0 Å². The molecule has 0 spiro atoms. The normalized spacial score (nSPS) is 30.4. The van der Waals surface area contributed by atoms with Gasteiger partial charge in [-0.15, -0.1) is 0 Å². The Morgan fingerprint density at radius 2 is 1.77 bits per heavy atom. The molecule has 0 aromatic heterocycles. The molecule has 2 saturated carbocycles. The van der Waals surface area contributed by atoms with Crippen LogP contribution in [0, 0.1) is 16.7 Å². The van der Waals surface area contributed by atoms with E-state index < -0.39 is 10.0 Å². The third kappa shape index (κ3) is 3.57. The quantitative estimate of drug-likeness (QED) is 0.768. The summed E-state index contributed by atoms with van der Waals surface area (Å²) in [6, 6.07) is 6.41. The van der Waals surface area contributed by atoms with Crippen LogP contribution < -0.4 is 5.32 Å². The predicted molar refractivity (Wildman–Crippen MR) is 118 cm³/mol. The van der Waals surface area contributed by atoms with E-state index in [1.54, 1.807) is 17.0 Å². The van der Waals surface area contributed by atoms with Crippen molar-refractivity contribution in [2.24, 2.45) is 16.7 Å². The molecule has 2 bridgehead atoms. The molecule has 3 fully saturated rings.